The van der Waals surface area contributed by atoms with E-state index in [9.17, 15) is 4.39 Å². The van der Waals surface area contributed by atoms with E-state index in [-0.39, 0.29) is 11.4 Å². The van der Waals surface area contributed by atoms with Gasteiger partial charge in [0.2, 0.25) is 0 Å². The quantitative estimate of drug-likeness (QED) is 0.502. The summed E-state index contributed by atoms with van der Waals surface area (Å²) in [6.45, 7) is 0. The van der Waals surface area contributed by atoms with Gasteiger partial charge < -0.3 is 10.8 Å². The molecule has 0 saturated carbocycles. The van der Waals surface area contributed by atoms with Crippen molar-refractivity contribution in [2.45, 2.75) is 0 Å². The molecular weight excluding hydrogens is 201 g/mol. The predicted molar refractivity (Wildman–Crippen MR) is 40.2 cm³/mol. The van der Waals surface area contributed by atoms with Crippen molar-refractivity contribution in [3.8, 4) is 5.75 Å². The Kier molecular flexibility index (Phi) is 1.80. The highest BCUT2D eigenvalue weighted by molar-refractivity contribution is 9.10. The summed E-state index contributed by atoms with van der Waals surface area (Å²) in [5.74, 6) is -0.759. The van der Waals surface area contributed by atoms with Crippen LogP contribution in [0.1, 0.15) is 0 Å². The van der Waals surface area contributed by atoms with Gasteiger partial charge in [0.05, 0.1) is 5.69 Å². The minimum Gasteiger partial charge on any atom is -0.508 e. The van der Waals surface area contributed by atoms with Gasteiger partial charge in [-0.05, 0) is 22.0 Å². The van der Waals surface area contributed by atoms with Crippen LogP contribution in [-0.2, 0) is 0 Å². The smallest absolute Gasteiger partial charge is 0.150 e. The van der Waals surface area contributed by atoms with Crippen molar-refractivity contribution in [3.05, 3.63) is 22.4 Å². The van der Waals surface area contributed by atoms with Crippen molar-refractivity contribution in [3.63, 3.8) is 0 Å². The molecule has 0 fully saturated rings. The number of rotatable bonds is 0. The Bertz CT molecular complexity index is 241. The highest BCUT2D eigenvalue weighted by Gasteiger charge is 2.03. The summed E-state index contributed by atoms with van der Waals surface area (Å²) in [6, 6.07) is 2.29. The Labute approximate surface area is 65.6 Å². The highest BCUT2D eigenvalue weighted by atomic mass is 79.9. The lowest BCUT2D eigenvalue weighted by Gasteiger charge is -1.99. The Morgan fingerprint density at radius 1 is 1.50 bits per heavy atom. The van der Waals surface area contributed by atoms with Gasteiger partial charge in [0.25, 0.3) is 0 Å². The molecule has 0 aliphatic heterocycles. The van der Waals surface area contributed by atoms with Crippen LogP contribution in [0.15, 0.2) is 16.6 Å². The fourth-order valence-electron chi connectivity index (χ4n) is 0.571. The summed E-state index contributed by atoms with van der Waals surface area (Å²) >= 11 is 2.97. The minimum atomic E-state index is -0.619. The topological polar surface area (TPSA) is 46.2 Å². The van der Waals surface area contributed by atoms with Crippen LogP contribution < -0.4 is 5.73 Å². The molecular formula is C6H5BrFNO. The standard InChI is InChI=1S/C6H5BrFNO/c7-4-1-3(10)2-5(8)6(4)9/h1-2,10H,9H2. The maximum Gasteiger partial charge on any atom is 0.150 e. The van der Waals surface area contributed by atoms with Gasteiger partial charge in [0.15, 0.2) is 5.82 Å². The third-order valence-electron chi connectivity index (χ3n) is 1.06. The molecule has 0 aromatic heterocycles. The van der Waals surface area contributed by atoms with E-state index in [2.05, 4.69) is 15.9 Å². The van der Waals surface area contributed by atoms with Crippen LogP contribution in [0.5, 0.6) is 5.75 Å². The normalized spacial score (nSPS) is 9.80. The summed E-state index contributed by atoms with van der Waals surface area (Å²) < 4.78 is 12.9. The van der Waals surface area contributed by atoms with Crippen molar-refractivity contribution < 1.29 is 9.50 Å². The summed E-state index contributed by atoms with van der Waals surface area (Å²) in [7, 11) is 0. The fraction of sp³-hybridized carbons (Fsp3) is 0. The van der Waals surface area contributed by atoms with Crippen LogP contribution in [0.25, 0.3) is 0 Å². The average Bonchev–Trinajstić information content (AvgIpc) is 1.82. The lowest BCUT2D eigenvalue weighted by Crippen LogP contribution is -1.90. The van der Waals surface area contributed by atoms with Crippen LogP contribution in [0.2, 0.25) is 0 Å². The number of hydrogen-bond donors (Lipinski definition) is 2. The third kappa shape index (κ3) is 1.21. The molecule has 0 radical (unpaired) electrons. The van der Waals surface area contributed by atoms with Gasteiger partial charge in [-0.1, -0.05) is 0 Å². The minimum absolute atomic E-state index is 0.0119. The van der Waals surface area contributed by atoms with Crippen LogP contribution in [0.4, 0.5) is 10.1 Å². The zero-order valence-electron chi connectivity index (χ0n) is 4.94. The number of halogens is 2. The number of nitrogens with two attached hydrogens (primary N) is 1. The summed E-state index contributed by atoms with van der Waals surface area (Å²) in [6.07, 6.45) is 0. The molecule has 0 saturated heterocycles. The maximum absolute atomic E-state index is 12.5. The van der Waals surface area contributed by atoms with Gasteiger partial charge in [0, 0.05) is 10.5 Å². The first-order valence-electron chi connectivity index (χ1n) is 2.54. The van der Waals surface area contributed by atoms with Gasteiger partial charge in [-0.25, -0.2) is 4.39 Å². The summed E-state index contributed by atoms with van der Waals surface area (Å²) in [5.41, 5.74) is 5.23. The van der Waals surface area contributed by atoms with E-state index >= 15 is 0 Å². The molecule has 3 N–H and O–H groups in total. The SMILES string of the molecule is Nc1c(F)cc(O)cc1Br. The largest absolute Gasteiger partial charge is 0.508 e. The van der Waals surface area contributed by atoms with Crippen LogP contribution in [-0.4, -0.2) is 5.11 Å². The van der Waals surface area contributed by atoms with E-state index in [0.717, 1.165) is 6.07 Å². The highest BCUT2D eigenvalue weighted by Crippen LogP contribution is 2.26. The van der Waals surface area contributed by atoms with Gasteiger partial charge in [-0.15, -0.1) is 0 Å². The first kappa shape index (κ1) is 7.34. The predicted octanol–water partition coefficient (Wildman–Crippen LogP) is 1.88. The summed E-state index contributed by atoms with van der Waals surface area (Å²) in [4.78, 5) is 0. The summed E-state index contributed by atoms with van der Waals surface area (Å²) in [5, 5.41) is 8.79. The van der Waals surface area contributed by atoms with Crippen molar-refractivity contribution >= 4 is 21.6 Å². The molecule has 0 amide bonds. The van der Waals surface area contributed by atoms with Crippen molar-refractivity contribution in [1.29, 1.82) is 0 Å². The monoisotopic (exact) mass is 205 g/mol. The van der Waals surface area contributed by atoms with E-state index in [4.69, 9.17) is 10.8 Å². The van der Waals surface area contributed by atoms with E-state index in [1.165, 1.54) is 6.07 Å². The van der Waals surface area contributed by atoms with Crippen molar-refractivity contribution in [2.24, 2.45) is 0 Å². The second-order valence-electron chi connectivity index (χ2n) is 1.82. The zero-order chi connectivity index (χ0) is 7.72. The van der Waals surface area contributed by atoms with E-state index in [1.807, 2.05) is 0 Å². The molecule has 2 nitrogen and oxygen atoms in total. The molecule has 0 bridgehead atoms. The Morgan fingerprint density at radius 2 is 2.10 bits per heavy atom. The Balaban J connectivity index is 3.31. The lowest BCUT2D eigenvalue weighted by molar-refractivity contribution is 0.469. The third-order valence-corrected chi connectivity index (χ3v) is 1.72. The lowest BCUT2D eigenvalue weighted by atomic mass is 10.3. The van der Waals surface area contributed by atoms with Crippen LogP contribution in [0.3, 0.4) is 0 Å². The first-order valence-corrected chi connectivity index (χ1v) is 3.34. The van der Waals surface area contributed by atoms with Crippen LogP contribution in [0, 0.1) is 5.82 Å². The number of benzene rings is 1. The number of phenols is 1. The molecule has 0 heterocycles. The zero-order valence-corrected chi connectivity index (χ0v) is 6.52. The van der Waals surface area contributed by atoms with Gasteiger partial charge in [-0.2, -0.15) is 0 Å². The molecule has 0 unspecified atom stereocenters. The number of nitrogen functional groups attached to an aromatic ring is 1. The molecule has 1 aromatic rings. The molecule has 4 heteroatoms. The second-order valence-corrected chi connectivity index (χ2v) is 2.68. The molecule has 0 aliphatic rings. The number of phenolic OH excluding ortho intramolecular Hbond substituents is 1. The van der Waals surface area contributed by atoms with E-state index in [0.29, 0.717) is 4.47 Å². The van der Waals surface area contributed by atoms with Crippen LogP contribution >= 0.6 is 15.9 Å². The van der Waals surface area contributed by atoms with Crippen molar-refractivity contribution in [1.82, 2.24) is 0 Å². The Morgan fingerprint density at radius 3 is 2.60 bits per heavy atom. The number of aromatic hydroxyl groups is 1. The number of anilines is 1. The van der Waals surface area contributed by atoms with Gasteiger partial charge in [-0.3, -0.25) is 0 Å². The molecule has 0 aliphatic carbocycles. The average molecular weight is 206 g/mol. The Hall–Kier alpha value is -0.770. The molecule has 0 spiro atoms. The second kappa shape index (κ2) is 2.46. The van der Waals surface area contributed by atoms with Gasteiger partial charge >= 0.3 is 0 Å². The molecule has 1 aromatic carbocycles. The van der Waals surface area contributed by atoms with E-state index < -0.39 is 5.82 Å². The molecule has 0 atom stereocenters. The maximum atomic E-state index is 12.5. The first-order chi connectivity index (χ1) is 4.61. The van der Waals surface area contributed by atoms with E-state index in [1.54, 1.807) is 0 Å². The molecule has 10 heavy (non-hydrogen) atoms. The van der Waals surface area contributed by atoms with Gasteiger partial charge in [0.1, 0.15) is 5.75 Å². The molecule has 1 rings (SSSR count). The number of hydrogen-bond acceptors (Lipinski definition) is 2. The fourth-order valence-corrected chi connectivity index (χ4v) is 0.995. The molecule has 54 valence electrons. The van der Waals surface area contributed by atoms with Crippen molar-refractivity contribution in [2.75, 3.05) is 5.73 Å².